The van der Waals surface area contributed by atoms with Crippen molar-refractivity contribution in [3.63, 3.8) is 0 Å². The minimum Gasteiger partial charge on any atom is -0.494 e. The maximum atomic E-state index is 11.6. The Bertz CT molecular complexity index is 1070. The van der Waals surface area contributed by atoms with E-state index in [4.69, 9.17) is 15.6 Å². The molecule has 0 saturated heterocycles. The molecule has 1 amide bonds. The molecule has 0 radical (unpaired) electrons. The number of hydrogen-bond donors (Lipinski definition) is 2. The predicted octanol–water partition coefficient (Wildman–Crippen LogP) is 2.08. The van der Waals surface area contributed by atoms with Gasteiger partial charge in [0.25, 0.3) is 0 Å². The van der Waals surface area contributed by atoms with E-state index in [1.165, 1.54) is 0 Å². The van der Waals surface area contributed by atoms with E-state index in [9.17, 15) is 4.79 Å². The first-order valence-electron chi connectivity index (χ1n) is 10.9. The molecule has 164 valence electrons. The van der Waals surface area contributed by atoms with E-state index in [0.717, 1.165) is 47.8 Å². The highest BCUT2D eigenvalue weighted by atomic mass is 16.5. The van der Waals surface area contributed by atoms with E-state index < -0.39 is 0 Å². The maximum absolute atomic E-state index is 11.6. The lowest BCUT2D eigenvalue weighted by atomic mass is 10.1. The third kappa shape index (κ3) is 4.46. The number of carbonyl (C=O) groups is 1. The van der Waals surface area contributed by atoms with Crippen LogP contribution in [0.5, 0.6) is 5.75 Å². The first-order chi connectivity index (χ1) is 15.7. The molecule has 9 nitrogen and oxygen atoms in total. The Morgan fingerprint density at radius 2 is 2.00 bits per heavy atom. The Labute approximate surface area is 186 Å². The molecule has 32 heavy (non-hydrogen) atoms. The van der Waals surface area contributed by atoms with Gasteiger partial charge in [-0.3, -0.25) is 14.8 Å². The molecule has 1 fully saturated rings. The largest absolute Gasteiger partial charge is 0.494 e. The summed E-state index contributed by atoms with van der Waals surface area (Å²) >= 11 is 0. The number of aromatic nitrogens is 2. The number of nitrogens with zero attached hydrogens (tertiary/aromatic N) is 5. The van der Waals surface area contributed by atoms with Crippen molar-refractivity contribution in [3.8, 4) is 5.75 Å². The van der Waals surface area contributed by atoms with Crippen LogP contribution < -0.4 is 15.8 Å². The van der Waals surface area contributed by atoms with Gasteiger partial charge >= 0.3 is 0 Å². The van der Waals surface area contributed by atoms with E-state index in [2.05, 4.69) is 20.3 Å². The number of fused-ring (bicyclic) bond motifs is 1. The molecule has 0 bridgehead atoms. The standard InChI is InChI=1S/C23H25N7O2/c24-21-14-26-19(12-27-21)20-13-28-22-9-8-18(29-30(20)22)15-4-6-17(7-5-15)32-11-1-10-25-23(31)16-2-3-16/h4-9,12,14,16,20H,1-3,10-11,13H2,(H2,24,27)(H,25,31). The van der Waals surface area contributed by atoms with E-state index in [-0.39, 0.29) is 17.9 Å². The van der Waals surface area contributed by atoms with Crippen molar-refractivity contribution in [2.45, 2.75) is 25.3 Å². The normalized spacial score (nSPS) is 19.2. The lowest BCUT2D eigenvalue weighted by molar-refractivity contribution is -0.122. The van der Waals surface area contributed by atoms with Crippen LogP contribution in [0, 0.1) is 5.92 Å². The molecule has 0 spiro atoms. The van der Waals surface area contributed by atoms with Crippen molar-refractivity contribution in [1.29, 1.82) is 0 Å². The van der Waals surface area contributed by atoms with Crippen LogP contribution in [0.4, 0.5) is 5.82 Å². The van der Waals surface area contributed by atoms with Crippen LogP contribution >= 0.6 is 0 Å². The van der Waals surface area contributed by atoms with Gasteiger partial charge in [0.1, 0.15) is 23.4 Å². The van der Waals surface area contributed by atoms with Gasteiger partial charge in [-0.25, -0.2) is 9.99 Å². The SMILES string of the molecule is Nc1cnc(C2CN=C3C=CC(c4ccc(OCCCNC(=O)C5CC5)cc4)=NN32)cn1. The zero-order valence-electron chi connectivity index (χ0n) is 17.6. The number of allylic oxidation sites excluding steroid dienone is 1. The van der Waals surface area contributed by atoms with Crippen LogP contribution in [0.3, 0.4) is 0 Å². The van der Waals surface area contributed by atoms with Gasteiger partial charge in [-0.1, -0.05) is 0 Å². The van der Waals surface area contributed by atoms with Crippen LogP contribution in [-0.2, 0) is 4.79 Å². The summed E-state index contributed by atoms with van der Waals surface area (Å²) in [5, 5.41) is 9.63. The topological polar surface area (TPSA) is 118 Å². The predicted molar refractivity (Wildman–Crippen MR) is 121 cm³/mol. The van der Waals surface area contributed by atoms with Gasteiger partial charge < -0.3 is 15.8 Å². The smallest absolute Gasteiger partial charge is 0.223 e. The first-order valence-corrected chi connectivity index (χ1v) is 10.9. The Balaban J connectivity index is 1.18. The second-order valence-electron chi connectivity index (χ2n) is 8.04. The van der Waals surface area contributed by atoms with E-state index in [1.54, 1.807) is 12.4 Å². The molecule has 1 aromatic heterocycles. The summed E-state index contributed by atoms with van der Waals surface area (Å²) in [4.78, 5) is 24.7. The summed E-state index contributed by atoms with van der Waals surface area (Å²) in [6.07, 6.45) is 9.99. The second kappa shape index (κ2) is 8.78. The molecule has 1 unspecified atom stereocenters. The third-order valence-electron chi connectivity index (χ3n) is 5.58. The number of nitrogen functional groups attached to an aromatic ring is 1. The number of carbonyl (C=O) groups excluding carboxylic acids is 1. The number of amides is 1. The summed E-state index contributed by atoms with van der Waals surface area (Å²) in [6.45, 7) is 1.78. The molecule has 1 aromatic carbocycles. The molecule has 3 N–H and O–H groups in total. The van der Waals surface area contributed by atoms with Crippen LogP contribution in [0.2, 0.25) is 0 Å². The number of hydrazone groups is 1. The molecule has 1 saturated carbocycles. The lowest BCUT2D eigenvalue weighted by Crippen LogP contribution is -2.29. The Morgan fingerprint density at radius 1 is 1.16 bits per heavy atom. The fraction of sp³-hybridized carbons (Fsp3) is 0.348. The number of aliphatic imine (C=N–C) groups is 1. The van der Waals surface area contributed by atoms with Crippen molar-refractivity contribution >= 4 is 23.3 Å². The van der Waals surface area contributed by atoms with Gasteiger partial charge in [-0.15, -0.1) is 0 Å². The molecule has 2 aromatic rings. The zero-order chi connectivity index (χ0) is 21.9. The fourth-order valence-electron chi connectivity index (χ4n) is 3.62. The van der Waals surface area contributed by atoms with Crippen LogP contribution in [0.25, 0.3) is 0 Å². The van der Waals surface area contributed by atoms with Crippen LogP contribution in [-0.4, -0.2) is 52.1 Å². The van der Waals surface area contributed by atoms with E-state index in [0.29, 0.717) is 25.5 Å². The summed E-state index contributed by atoms with van der Waals surface area (Å²) in [7, 11) is 0. The quantitative estimate of drug-likeness (QED) is 0.618. The van der Waals surface area contributed by atoms with Crippen molar-refractivity contribution in [2.75, 3.05) is 25.4 Å². The molecule has 5 rings (SSSR count). The average Bonchev–Trinajstić information content (AvgIpc) is 3.59. The monoisotopic (exact) mass is 431 g/mol. The molecule has 1 aliphatic carbocycles. The van der Waals surface area contributed by atoms with E-state index in [1.807, 2.05) is 41.4 Å². The first kappa shape index (κ1) is 20.2. The number of benzene rings is 1. The van der Waals surface area contributed by atoms with Gasteiger partial charge in [0.15, 0.2) is 0 Å². The minimum absolute atomic E-state index is 0.0962. The van der Waals surface area contributed by atoms with Gasteiger partial charge in [0.2, 0.25) is 5.91 Å². The number of nitrogens with two attached hydrogens (primary N) is 1. The second-order valence-corrected chi connectivity index (χ2v) is 8.04. The summed E-state index contributed by atoms with van der Waals surface area (Å²) in [5.74, 6) is 2.42. The number of nitrogens with one attached hydrogen (secondary N) is 1. The Kier molecular flexibility index (Phi) is 5.53. The number of hydrogen-bond acceptors (Lipinski definition) is 8. The summed E-state index contributed by atoms with van der Waals surface area (Å²) < 4.78 is 5.80. The van der Waals surface area contributed by atoms with Gasteiger partial charge in [0.05, 0.1) is 37.0 Å². The number of anilines is 1. The lowest BCUT2D eigenvalue weighted by Gasteiger charge is -2.24. The summed E-state index contributed by atoms with van der Waals surface area (Å²) in [5.41, 5.74) is 8.27. The van der Waals surface area contributed by atoms with Crippen LogP contribution in [0.1, 0.15) is 36.6 Å². The van der Waals surface area contributed by atoms with Crippen molar-refractivity contribution < 1.29 is 9.53 Å². The molecule has 3 aliphatic rings. The van der Waals surface area contributed by atoms with Gasteiger partial charge in [0, 0.05) is 18.0 Å². The fourth-order valence-corrected chi connectivity index (χ4v) is 3.62. The van der Waals surface area contributed by atoms with Gasteiger partial charge in [-0.2, -0.15) is 5.10 Å². The third-order valence-corrected chi connectivity index (χ3v) is 5.58. The maximum Gasteiger partial charge on any atom is 0.223 e. The molecule has 2 aliphatic heterocycles. The summed E-state index contributed by atoms with van der Waals surface area (Å²) in [6, 6.07) is 7.75. The highest BCUT2D eigenvalue weighted by Gasteiger charge is 2.31. The van der Waals surface area contributed by atoms with Crippen LogP contribution in [0.15, 0.2) is 58.9 Å². The highest BCUT2D eigenvalue weighted by molar-refractivity contribution is 6.14. The molecular weight excluding hydrogens is 406 g/mol. The van der Waals surface area contributed by atoms with Crippen molar-refractivity contribution in [1.82, 2.24) is 20.3 Å². The Hall–Kier alpha value is -3.75. The average molecular weight is 432 g/mol. The number of rotatable bonds is 8. The van der Waals surface area contributed by atoms with Crippen molar-refractivity contribution in [3.05, 3.63) is 60.1 Å². The van der Waals surface area contributed by atoms with Gasteiger partial charge in [-0.05, 0) is 55.7 Å². The molecule has 3 heterocycles. The molecule has 1 atom stereocenters. The minimum atomic E-state index is -0.0962. The zero-order valence-corrected chi connectivity index (χ0v) is 17.6. The van der Waals surface area contributed by atoms with Crippen molar-refractivity contribution in [2.24, 2.45) is 16.0 Å². The molecular formula is C23H25N7O2. The Morgan fingerprint density at radius 3 is 2.75 bits per heavy atom. The highest BCUT2D eigenvalue weighted by Crippen LogP contribution is 2.29. The number of amidine groups is 1. The number of ether oxygens (including phenoxy) is 1. The molecule has 9 heteroatoms. The van der Waals surface area contributed by atoms with E-state index >= 15 is 0 Å².